The van der Waals surface area contributed by atoms with Gasteiger partial charge in [-0.2, -0.15) is 4.98 Å². The van der Waals surface area contributed by atoms with Crippen LogP contribution in [0.4, 0.5) is 5.95 Å². The third-order valence-electron chi connectivity index (χ3n) is 3.47. The van der Waals surface area contributed by atoms with E-state index in [9.17, 15) is 9.90 Å². The summed E-state index contributed by atoms with van der Waals surface area (Å²) in [5, 5.41) is 10.1. The second-order valence-corrected chi connectivity index (χ2v) is 5.28. The molecule has 0 fully saturated rings. The van der Waals surface area contributed by atoms with Crippen LogP contribution in [0.15, 0.2) is 36.5 Å². The molecule has 7 heteroatoms. The van der Waals surface area contributed by atoms with Crippen LogP contribution in [-0.4, -0.2) is 39.7 Å². The Morgan fingerprint density at radius 2 is 2.09 bits per heavy atom. The van der Waals surface area contributed by atoms with Crippen molar-refractivity contribution >= 4 is 22.8 Å². The number of hydrogen-bond acceptors (Lipinski definition) is 5. The number of anilines is 1. The van der Waals surface area contributed by atoms with Gasteiger partial charge in [0, 0.05) is 38.8 Å². The smallest absolute Gasteiger partial charge is 0.352 e. The Kier molecular flexibility index (Phi) is 3.61. The number of hydrogen-bond donors (Lipinski definition) is 1. The predicted octanol–water partition coefficient (Wildman–Crippen LogP) is 2.52. The quantitative estimate of drug-likeness (QED) is 0.797. The number of aromatic nitrogens is 3. The van der Waals surface area contributed by atoms with Crippen LogP contribution in [-0.2, 0) is 7.05 Å². The molecule has 3 aromatic rings. The molecule has 1 N–H and O–H groups in total. The molecule has 0 aliphatic carbocycles. The molecule has 23 heavy (non-hydrogen) atoms. The molecule has 118 valence electrons. The first-order chi connectivity index (χ1) is 11.0. The van der Waals surface area contributed by atoms with E-state index in [1.54, 1.807) is 40.9 Å². The van der Waals surface area contributed by atoms with Gasteiger partial charge >= 0.3 is 5.97 Å². The number of carboxylic acid groups (broad SMARTS) is 1. The molecule has 0 spiro atoms. The number of fused-ring (bicyclic) bond motifs is 1. The fraction of sp³-hybridized carbons (Fsp3) is 0.188. The number of para-hydroxylation sites is 1. The summed E-state index contributed by atoms with van der Waals surface area (Å²) in [5.74, 6) is 0.495. The maximum atomic E-state index is 11.3. The van der Waals surface area contributed by atoms with E-state index in [2.05, 4.69) is 9.97 Å². The molecular formula is C16H16N4O3. The molecule has 0 amide bonds. The van der Waals surface area contributed by atoms with E-state index in [0.29, 0.717) is 23.1 Å². The van der Waals surface area contributed by atoms with Crippen LogP contribution in [0.3, 0.4) is 0 Å². The van der Waals surface area contributed by atoms with Gasteiger partial charge in [0.25, 0.3) is 0 Å². The molecule has 0 aliphatic heterocycles. The SMILES string of the molecule is CN(C)c1nccc(Oc2cccc3cc(C(=O)O)n(C)c23)n1. The van der Waals surface area contributed by atoms with Crippen molar-refractivity contribution in [1.82, 2.24) is 14.5 Å². The van der Waals surface area contributed by atoms with Gasteiger partial charge in [-0.05, 0) is 12.1 Å². The number of nitrogens with zero attached hydrogens (tertiary/aromatic N) is 4. The zero-order chi connectivity index (χ0) is 16.6. The van der Waals surface area contributed by atoms with Crippen LogP contribution < -0.4 is 9.64 Å². The highest BCUT2D eigenvalue weighted by atomic mass is 16.5. The number of rotatable bonds is 4. The number of aryl methyl sites for hydroxylation is 1. The third kappa shape index (κ3) is 2.68. The monoisotopic (exact) mass is 312 g/mol. The van der Waals surface area contributed by atoms with E-state index in [4.69, 9.17) is 4.74 Å². The molecule has 0 atom stereocenters. The minimum absolute atomic E-state index is 0.202. The maximum Gasteiger partial charge on any atom is 0.352 e. The van der Waals surface area contributed by atoms with Gasteiger partial charge in [0.2, 0.25) is 11.8 Å². The van der Waals surface area contributed by atoms with Gasteiger partial charge in [-0.25, -0.2) is 9.78 Å². The van der Waals surface area contributed by atoms with Crippen molar-refractivity contribution in [1.29, 1.82) is 0 Å². The summed E-state index contributed by atoms with van der Waals surface area (Å²) in [6.45, 7) is 0. The van der Waals surface area contributed by atoms with Crippen molar-refractivity contribution in [2.24, 2.45) is 7.05 Å². The van der Waals surface area contributed by atoms with E-state index in [1.807, 2.05) is 26.2 Å². The van der Waals surface area contributed by atoms with Crippen LogP contribution in [0.2, 0.25) is 0 Å². The molecule has 3 rings (SSSR count). The zero-order valence-corrected chi connectivity index (χ0v) is 13.0. The molecule has 0 saturated carbocycles. The number of carboxylic acids is 1. The fourth-order valence-corrected chi connectivity index (χ4v) is 2.38. The molecule has 0 unspecified atom stereocenters. The zero-order valence-electron chi connectivity index (χ0n) is 13.0. The normalized spacial score (nSPS) is 10.7. The first-order valence-electron chi connectivity index (χ1n) is 6.97. The number of carbonyl (C=O) groups is 1. The average Bonchev–Trinajstić information content (AvgIpc) is 2.86. The van der Waals surface area contributed by atoms with Crippen molar-refractivity contribution in [3.63, 3.8) is 0 Å². The van der Waals surface area contributed by atoms with Crippen LogP contribution in [0, 0.1) is 0 Å². The highest BCUT2D eigenvalue weighted by Crippen LogP contribution is 2.31. The Labute approximate surface area is 132 Å². The maximum absolute atomic E-state index is 11.3. The number of aromatic carboxylic acids is 1. The van der Waals surface area contributed by atoms with E-state index in [1.165, 1.54) is 0 Å². The Hall–Kier alpha value is -3.09. The van der Waals surface area contributed by atoms with Crippen molar-refractivity contribution in [3.8, 4) is 11.6 Å². The van der Waals surface area contributed by atoms with Crippen LogP contribution >= 0.6 is 0 Å². The number of benzene rings is 1. The van der Waals surface area contributed by atoms with Gasteiger partial charge in [0.05, 0.1) is 5.52 Å². The minimum Gasteiger partial charge on any atom is -0.477 e. The average molecular weight is 312 g/mol. The van der Waals surface area contributed by atoms with Crippen molar-refractivity contribution in [2.45, 2.75) is 0 Å². The molecule has 2 aromatic heterocycles. The first-order valence-corrected chi connectivity index (χ1v) is 6.97. The second-order valence-electron chi connectivity index (χ2n) is 5.28. The molecular weight excluding hydrogens is 296 g/mol. The lowest BCUT2D eigenvalue weighted by Gasteiger charge is -2.12. The van der Waals surface area contributed by atoms with E-state index < -0.39 is 5.97 Å². The molecule has 0 aliphatic rings. The van der Waals surface area contributed by atoms with E-state index >= 15 is 0 Å². The molecule has 0 saturated heterocycles. The standard InChI is InChI=1S/C16H16N4O3/c1-19(2)16-17-8-7-13(18-16)23-12-6-4-5-10-9-11(15(21)22)20(3)14(10)12/h4-9H,1-3H3,(H,21,22). The number of ether oxygens (including phenoxy) is 1. The lowest BCUT2D eigenvalue weighted by atomic mass is 10.2. The fourth-order valence-electron chi connectivity index (χ4n) is 2.38. The van der Waals surface area contributed by atoms with Crippen LogP contribution in [0.5, 0.6) is 11.6 Å². The Morgan fingerprint density at radius 1 is 1.30 bits per heavy atom. The Bertz CT molecular complexity index is 886. The highest BCUT2D eigenvalue weighted by Gasteiger charge is 2.16. The summed E-state index contributed by atoms with van der Waals surface area (Å²) in [4.78, 5) is 21.5. The van der Waals surface area contributed by atoms with Gasteiger partial charge < -0.3 is 19.3 Å². The summed E-state index contributed by atoms with van der Waals surface area (Å²) in [7, 11) is 5.39. The molecule has 1 aromatic carbocycles. The molecule has 2 heterocycles. The van der Waals surface area contributed by atoms with Gasteiger partial charge in [-0.15, -0.1) is 0 Å². The highest BCUT2D eigenvalue weighted by molar-refractivity contribution is 5.96. The summed E-state index contributed by atoms with van der Waals surface area (Å²) in [6, 6.07) is 8.73. The lowest BCUT2D eigenvalue weighted by Crippen LogP contribution is -2.12. The van der Waals surface area contributed by atoms with Crippen molar-refractivity contribution < 1.29 is 14.6 Å². The van der Waals surface area contributed by atoms with E-state index in [0.717, 1.165) is 5.39 Å². The summed E-state index contributed by atoms with van der Waals surface area (Å²) in [6.07, 6.45) is 1.62. The van der Waals surface area contributed by atoms with Gasteiger partial charge in [-0.3, -0.25) is 0 Å². The summed E-state index contributed by atoms with van der Waals surface area (Å²) in [5.41, 5.74) is 0.905. The molecule has 0 radical (unpaired) electrons. The van der Waals surface area contributed by atoms with E-state index in [-0.39, 0.29) is 5.69 Å². The topological polar surface area (TPSA) is 80.5 Å². The summed E-state index contributed by atoms with van der Waals surface area (Å²) < 4.78 is 7.46. The lowest BCUT2D eigenvalue weighted by molar-refractivity contribution is 0.0687. The minimum atomic E-state index is -0.980. The predicted molar refractivity (Wildman–Crippen MR) is 86.3 cm³/mol. The van der Waals surface area contributed by atoms with Gasteiger partial charge in [0.1, 0.15) is 5.69 Å². The van der Waals surface area contributed by atoms with Gasteiger partial charge in [0.15, 0.2) is 5.75 Å². The Balaban J connectivity index is 2.07. The molecule has 7 nitrogen and oxygen atoms in total. The van der Waals surface area contributed by atoms with Gasteiger partial charge in [-0.1, -0.05) is 12.1 Å². The van der Waals surface area contributed by atoms with Crippen LogP contribution in [0.25, 0.3) is 10.9 Å². The second kappa shape index (κ2) is 5.60. The summed E-state index contributed by atoms with van der Waals surface area (Å²) >= 11 is 0. The van der Waals surface area contributed by atoms with Crippen molar-refractivity contribution in [3.05, 3.63) is 42.2 Å². The Morgan fingerprint density at radius 3 is 2.78 bits per heavy atom. The molecule has 0 bridgehead atoms. The van der Waals surface area contributed by atoms with Crippen molar-refractivity contribution in [2.75, 3.05) is 19.0 Å². The van der Waals surface area contributed by atoms with Crippen LogP contribution in [0.1, 0.15) is 10.5 Å². The largest absolute Gasteiger partial charge is 0.477 e. The first kappa shape index (κ1) is 14.8. The third-order valence-corrected chi connectivity index (χ3v) is 3.47.